The average molecular weight is 317 g/mol. The van der Waals surface area contributed by atoms with Crippen LogP contribution in [0.5, 0.6) is 5.75 Å². The summed E-state index contributed by atoms with van der Waals surface area (Å²) in [7, 11) is 2.10. The monoisotopic (exact) mass is 317 g/mol. The van der Waals surface area contributed by atoms with E-state index in [0.717, 1.165) is 25.2 Å². The largest absolute Gasteiger partial charge is 0.573 e. The van der Waals surface area contributed by atoms with Crippen LogP contribution in [0.15, 0.2) is 18.2 Å². The van der Waals surface area contributed by atoms with Gasteiger partial charge in [0.15, 0.2) is 5.75 Å². The van der Waals surface area contributed by atoms with Crippen LogP contribution in [0, 0.1) is 0 Å². The molecule has 0 bridgehead atoms. The van der Waals surface area contributed by atoms with E-state index in [-0.39, 0.29) is 11.4 Å². The SMILES string of the molecule is CCC1CN(c2ccc(OC(F)(F)F)c(N)c2)CC(C)N1C. The second kappa shape index (κ2) is 6.24. The van der Waals surface area contributed by atoms with Crippen LogP contribution in [0.2, 0.25) is 0 Å². The molecule has 0 radical (unpaired) electrons. The third-order valence-electron chi connectivity index (χ3n) is 4.24. The molecular formula is C15H22F3N3O. The predicted octanol–water partition coefficient (Wildman–Crippen LogP) is 3.09. The molecule has 7 heteroatoms. The second-order valence-corrected chi connectivity index (χ2v) is 5.75. The van der Waals surface area contributed by atoms with Crippen molar-refractivity contribution in [1.82, 2.24) is 4.90 Å². The van der Waals surface area contributed by atoms with E-state index in [9.17, 15) is 13.2 Å². The molecule has 2 atom stereocenters. The van der Waals surface area contributed by atoms with Gasteiger partial charge < -0.3 is 15.4 Å². The number of rotatable bonds is 3. The van der Waals surface area contributed by atoms with Crippen molar-refractivity contribution in [3.63, 3.8) is 0 Å². The van der Waals surface area contributed by atoms with Gasteiger partial charge in [-0.15, -0.1) is 13.2 Å². The van der Waals surface area contributed by atoms with Gasteiger partial charge >= 0.3 is 6.36 Å². The quantitative estimate of drug-likeness (QED) is 0.870. The summed E-state index contributed by atoms with van der Waals surface area (Å²) in [6, 6.07) is 5.23. The first-order chi connectivity index (χ1) is 10.2. The van der Waals surface area contributed by atoms with E-state index in [2.05, 4.69) is 35.4 Å². The molecule has 1 aliphatic rings. The number of halogens is 3. The number of piperazine rings is 1. The van der Waals surface area contributed by atoms with E-state index in [1.165, 1.54) is 6.07 Å². The third kappa shape index (κ3) is 3.76. The van der Waals surface area contributed by atoms with Crippen LogP contribution in [-0.2, 0) is 0 Å². The van der Waals surface area contributed by atoms with Gasteiger partial charge in [-0.3, -0.25) is 4.90 Å². The minimum atomic E-state index is -4.73. The van der Waals surface area contributed by atoms with E-state index in [1.54, 1.807) is 12.1 Å². The maximum Gasteiger partial charge on any atom is 0.573 e. The molecule has 2 rings (SSSR count). The number of anilines is 2. The van der Waals surface area contributed by atoms with Crippen molar-refractivity contribution >= 4 is 11.4 Å². The summed E-state index contributed by atoms with van der Waals surface area (Å²) in [5.74, 6) is -0.356. The van der Waals surface area contributed by atoms with Crippen molar-refractivity contribution in [3.05, 3.63) is 18.2 Å². The summed E-state index contributed by atoms with van der Waals surface area (Å²) >= 11 is 0. The Morgan fingerprint density at radius 3 is 2.55 bits per heavy atom. The zero-order valence-electron chi connectivity index (χ0n) is 13.0. The van der Waals surface area contributed by atoms with Crippen molar-refractivity contribution in [2.45, 2.75) is 38.7 Å². The van der Waals surface area contributed by atoms with Gasteiger partial charge in [-0.25, -0.2) is 0 Å². The zero-order chi connectivity index (χ0) is 16.5. The van der Waals surface area contributed by atoms with Crippen LogP contribution >= 0.6 is 0 Å². The molecule has 2 N–H and O–H groups in total. The van der Waals surface area contributed by atoms with Gasteiger partial charge in [-0.1, -0.05) is 6.92 Å². The van der Waals surface area contributed by atoms with Gasteiger partial charge in [0.05, 0.1) is 5.69 Å². The normalized spacial score (nSPS) is 23.6. The van der Waals surface area contributed by atoms with Crippen molar-refractivity contribution in [1.29, 1.82) is 0 Å². The van der Waals surface area contributed by atoms with Crippen molar-refractivity contribution in [2.75, 3.05) is 30.8 Å². The number of hydrogen-bond acceptors (Lipinski definition) is 4. The number of hydrogen-bond donors (Lipinski definition) is 1. The molecule has 0 spiro atoms. The van der Waals surface area contributed by atoms with E-state index in [1.807, 2.05) is 0 Å². The Kier molecular flexibility index (Phi) is 4.75. The van der Waals surface area contributed by atoms with Crippen LogP contribution in [0.3, 0.4) is 0 Å². The van der Waals surface area contributed by atoms with Gasteiger partial charge in [-0.05, 0) is 38.6 Å². The van der Waals surface area contributed by atoms with E-state index in [0.29, 0.717) is 12.1 Å². The summed E-state index contributed by atoms with van der Waals surface area (Å²) in [5, 5.41) is 0. The number of alkyl halides is 3. The van der Waals surface area contributed by atoms with Crippen LogP contribution in [-0.4, -0.2) is 43.5 Å². The Hall–Kier alpha value is -1.63. The fourth-order valence-corrected chi connectivity index (χ4v) is 2.84. The van der Waals surface area contributed by atoms with E-state index >= 15 is 0 Å². The molecular weight excluding hydrogens is 295 g/mol. The molecule has 1 aromatic carbocycles. The molecule has 0 aliphatic carbocycles. The molecule has 0 aromatic heterocycles. The minimum absolute atomic E-state index is 0.00513. The standard InChI is InChI=1S/C15H22F3N3O/c1-4-11-9-21(8-10(2)20(11)3)12-5-6-14(13(19)7-12)22-15(16,17)18/h5-7,10-11H,4,8-9,19H2,1-3H3. The highest BCUT2D eigenvalue weighted by molar-refractivity contribution is 5.63. The van der Waals surface area contributed by atoms with Crippen molar-refractivity contribution < 1.29 is 17.9 Å². The molecule has 1 aliphatic heterocycles. The molecule has 1 saturated heterocycles. The fraction of sp³-hybridized carbons (Fsp3) is 0.600. The Morgan fingerprint density at radius 1 is 1.32 bits per heavy atom. The molecule has 1 fully saturated rings. The van der Waals surface area contributed by atoms with E-state index < -0.39 is 6.36 Å². The number of likely N-dealkylation sites (N-methyl/N-ethyl adjacent to an activating group) is 1. The number of nitrogens with zero attached hydrogens (tertiary/aromatic N) is 2. The number of nitrogen functional groups attached to an aromatic ring is 1. The van der Waals surface area contributed by atoms with Crippen LogP contribution in [0.1, 0.15) is 20.3 Å². The van der Waals surface area contributed by atoms with Gasteiger partial charge in [-0.2, -0.15) is 0 Å². The zero-order valence-corrected chi connectivity index (χ0v) is 13.0. The number of nitrogens with two attached hydrogens (primary N) is 1. The predicted molar refractivity (Wildman–Crippen MR) is 81.1 cm³/mol. The summed E-state index contributed by atoms with van der Waals surface area (Å²) < 4.78 is 40.7. The first-order valence-corrected chi connectivity index (χ1v) is 7.33. The lowest BCUT2D eigenvalue weighted by Gasteiger charge is -2.44. The second-order valence-electron chi connectivity index (χ2n) is 5.75. The number of ether oxygens (including phenoxy) is 1. The summed E-state index contributed by atoms with van der Waals surface area (Å²) in [4.78, 5) is 4.49. The molecule has 2 unspecified atom stereocenters. The molecule has 0 amide bonds. The lowest BCUT2D eigenvalue weighted by molar-refractivity contribution is -0.274. The van der Waals surface area contributed by atoms with Gasteiger partial charge in [0.2, 0.25) is 0 Å². The first-order valence-electron chi connectivity index (χ1n) is 7.33. The Balaban J connectivity index is 2.18. The molecule has 1 aromatic rings. The van der Waals surface area contributed by atoms with Crippen LogP contribution in [0.25, 0.3) is 0 Å². The maximum absolute atomic E-state index is 12.3. The van der Waals surface area contributed by atoms with Crippen molar-refractivity contribution in [2.24, 2.45) is 0 Å². The summed E-state index contributed by atoms with van der Waals surface area (Å²) in [5.41, 5.74) is 6.52. The van der Waals surface area contributed by atoms with Gasteiger partial charge in [0, 0.05) is 30.9 Å². The van der Waals surface area contributed by atoms with Gasteiger partial charge in [0.1, 0.15) is 0 Å². The lowest BCUT2D eigenvalue weighted by Crippen LogP contribution is -2.56. The summed E-state index contributed by atoms with van der Waals surface area (Å²) in [6.45, 7) is 5.91. The number of benzene rings is 1. The highest BCUT2D eigenvalue weighted by Gasteiger charge is 2.32. The van der Waals surface area contributed by atoms with Crippen LogP contribution < -0.4 is 15.4 Å². The maximum atomic E-state index is 12.3. The molecule has 4 nitrogen and oxygen atoms in total. The van der Waals surface area contributed by atoms with Crippen LogP contribution in [0.4, 0.5) is 24.5 Å². The topological polar surface area (TPSA) is 41.7 Å². The Labute approximate surface area is 128 Å². The molecule has 0 saturated carbocycles. The molecule has 22 heavy (non-hydrogen) atoms. The smallest absolute Gasteiger partial charge is 0.404 e. The Morgan fingerprint density at radius 2 is 2.00 bits per heavy atom. The minimum Gasteiger partial charge on any atom is -0.404 e. The molecule has 1 heterocycles. The highest BCUT2D eigenvalue weighted by Crippen LogP contribution is 2.33. The summed E-state index contributed by atoms with van der Waals surface area (Å²) in [6.07, 6.45) is -3.71. The Bertz CT molecular complexity index is 521. The molecule has 124 valence electrons. The van der Waals surface area contributed by atoms with E-state index in [4.69, 9.17) is 5.73 Å². The van der Waals surface area contributed by atoms with Crippen molar-refractivity contribution in [3.8, 4) is 5.75 Å². The lowest BCUT2D eigenvalue weighted by atomic mass is 10.0. The third-order valence-corrected chi connectivity index (χ3v) is 4.24. The average Bonchev–Trinajstić information content (AvgIpc) is 2.42. The van der Waals surface area contributed by atoms with Gasteiger partial charge in [0.25, 0.3) is 0 Å². The first kappa shape index (κ1) is 16.7. The highest BCUT2D eigenvalue weighted by atomic mass is 19.4. The fourth-order valence-electron chi connectivity index (χ4n) is 2.84.